The third-order valence-electron chi connectivity index (χ3n) is 1.78. The highest BCUT2D eigenvalue weighted by molar-refractivity contribution is 9.10. The maximum absolute atomic E-state index is 10.5. The molecule has 14 heavy (non-hydrogen) atoms. The van der Waals surface area contributed by atoms with Gasteiger partial charge in [0, 0.05) is 4.47 Å². The first-order chi connectivity index (χ1) is 6.43. The first-order valence-corrected chi connectivity index (χ1v) is 4.97. The summed E-state index contributed by atoms with van der Waals surface area (Å²) < 4.78 is 0.578. The molecule has 0 heterocycles. The van der Waals surface area contributed by atoms with E-state index in [2.05, 4.69) is 15.9 Å². The van der Waals surface area contributed by atoms with Crippen LogP contribution in [-0.2, 0) is 4.79 Å². The second-order valence-corrected chi connectivity index (χ2v) is 4.11. The van der Waals surface area contributed by atoms with Crippen molar-refractivity contribution >= 4 is 33.5 Å². The minimum absolute atomic E-state index is 0.311. The molecule has 0 aromatic heterocycles. The van der Waals surface area contributed by atoms with Crippen molar-refractivity contribution in [3.8, 4) is 0 Å². The number of carbonyl (C=O) groups is 1. The SMILES string of the molecule is Cc1cc(C(O)C(=O)O)cc(Br)c1Cl. The Morgan fingerprint density at radius 3 is 2.57 bits per heavy atom. The summed E-state index contributed by atoms with van der Waals surface area (Å²) in [5.74, 6) is -1.28. The van der Waals surface area contributed by atoms with E-state index in [0.29, 0.717) is 15.1 Å². The number of aryl methyl sites for hydroxylation is 1. The molecule has 76 valence electrons. The Labute approximate surface area is 94.4 Å². The zero-order valence-electron chi connectivity index (χ0n) is 7.29. The van der Waals surface area contributed by atoms with E-state index >= 15 is 0 Å². The van der Waals surface area contributed by atoms with E-state index in [1.165, 1.54) is 6.07 Å². The van der Waals surface area contributed by atoms with Gasteiger partial charge < -0.3 is 10.2 Å². The molecule has 1 rings (SSSR count). The lowest BCUT2D eigenvalue weighted by Crippen LogP contribution is -2.10. The molecule has 3 nitrogen and oxygen atoms in total. The molecule has 0 spiro atoms. The number of hydrogen-bond donors (Lipinski definition) is 2. The third kappa shape index (κ3) is 2.26. The summed E-state index contributed by atoms with van der Waals surface area (Å²) in [4.78, 5) is 10.5. The molecule has 0 aliphatic heterocycles. The molecule has 2 N–H and O–H groups in total. The van der Waals surface area contributed by atoms with Crippen LogP contribution in [0.2, 0.25) is 5.02 Å². The predicted molar refractivity (Wildman–Crippen MR) is 56.5 cm³/mol. The Bertz CT molecular complexity index is 355. The van der Waals surface area contributed by atoms with E-state index in [4.69, 9.17) is 16.7 Å². The standard InChI is InChI=1S/C9H8BrClO3/c1-4-2-5(8(12)9(13)14)3-6(10)7(4)11/h2-3,8,12H,1H3,(H,13,14). The maximum atomic E-state index is 10.5. The monoisotopic (exact) mass is 278 g/mol. The van der Waals surface area contributed by atoms with Gasteiger partial charge in [-0.05, 0) is 40.0 Å². The Morgan fingerprint density at radius 1 is 1.57 bits per heavy atom. The number of carboxylic acids is 1. The van der Waals surface area contributed by atoms with Gasteiger partial charge in [0.15, 0.2) is 6.10 Å². The van der Waals surface area contributed by atoms with Crippen molar-refractivity contribution in [3.63, 3.8) is 0 Å². The van der Waals surface area contributed by atoms with Crippen molar-refractivity contribution in [2.75, 3.05) is 0 Å². The Balaban J connectivity index is 3.19. The van der Waals surface area contributed by atoms with Gasteiger partial charge in [-0.3, -0.25) is 0 Å². The van der Waals surface area contributed by atoms with E-state index in [1.54, 1.807) is 13.0 Å². The van der Waals surface area contributed by atoms with Gasteiger partial charge in [0.2, 0.25) is 0 Å². The molecule has 0 saturated heterocycles. The normalized spacial score (nSPS) is 12.6. The van der Waals surface area contributed by atoms with Crippen LogP contribution >= 0.6 is 27.5 Å². The smallest absolute Gasteiger partial charge is 0.337 e. The minimum Gasteiger partial charge on any atom is -0.479 e. The quantitative estimate of drug-likeness (QED) is 0.874. The van der Waals surface area contributed by atoms with E-state index in [9.17, 15) is 9.90 Å². The van der Waals surface area contributed by atoms with Gasteiger partial charge in [-0.2, -0.15) is 0 Å². The highest BCUT2D eigenvalue weighted by atomic mass is 79.9. The summed E-state index contributed by atoms with van der Waals surface area (Å²) in [6, 6.07) is 3.04. The second kappa shape index (κ2) is 4.29. The van der Waals surface area contributed by atoms with Crippen LogP contribution in [0.4, 0.5) is 0 Å². The number of aliphatic hydroxyl groups is 1. The fourth-order valence-corrected chi connectivity index (χ4v) is 1.74. The van der Waals surface area contributed by atoms with Gasteiger partial charge >= 0.3 is 5.97 Å². The van der Waals surface area contributed by atoms with Crippen LogP contribution in [0.1, 0.15) is 17.2 Å². The van der Waals surface area contributed by atoms with Gasteiger partial charge in [0.1, 0.15) is 0 Å². The van der Waals surface area contributed by atoms with Crippen LogP contribution in [0.15, 0.2) is 16.6 Å². The van der Waals surface area contributed by atoms with Crippen LogP contribution < -0.4 is 0 Å². The Hall–Kier alpha value is -0.580. The summed E-state index contributed by atoms with van der Waals surface area (Å²) in [5, 5.41) is 18.4. The molecule has 1 aromatic rings. The molecule has 0 fully saturated rings. The molecule has 0 saturated carbocycles. The van der Waals surface area contributed by atoms with Crippen molar-refractivity contribution in [1.29, 1.82) is 0 Å². The van der Waals surface area contributed by atoms with Gasteiger partial charge in [0.25, 0.3) is 0 Å². The number of hydrogen-bond acceptors (Lipinski definition) is 2. The molecular weight excluding hydrogens is 271 g/mol. The summed E-state index contributed by atoms with van der Waals surface area (Å²) in [6.07, 6.45) is -1.51. The minimum atomic E-state index is -1.51. The lowest BCUT2D eigenvalue weighted by atomic mass is 10.1. The van der Waals surface area contributed by atoms with Crippen molar-refractivity contribution in [2.24, 2.45) is 0 Å². The lowest BCUT2D eigenvalue weighted by Gasteiger charge is -2.09. The second-order valence-electron chi connectivity index (χ2n) is 2.87. The van der Waals surface area contributed by atoms with E-state index in [1.807, 2.05) is 0 Å². The number of rotatable bonds is 2. The van der Waals surface area contributed by atoms with E-state index in [0.717, 1.165) is 5.56 Å². The lowest BCUT2D eigenvalue weighted by molar-refractivity contribution is -0.146. The van der Waals surface area contributed by atoms with Crippen molar-refractivity contribution in [3.05, 3.63) is 32.8 Å². The summed E-state index contributed by atoms with van der Waals surface area (Å²) in [6.45, 7) is 1.74. The van der Waals surface area contributed by atoms with E-state index < -0.39 is 12.1 Å². The molecule has 1 atom stereocenters. The van der Waals surface area contributed by atoms with Crippen molar-refractivity contribution < 1.29 is 15.0 Å². The Kier molecular flexibility index (Phi) is 3.53. The van der Waals surface area contributed by atoms with Crippen LogP contribution in [0.3, 0.4) is 0 Å². The summed E-state index contributed by atoms with van der Waals surface area (Å²) >= 11 is 9.04. The molecule has 0 bridgehead atoms. The molecule has 0 aliphatic carbocycles. The zero-order chi connectivity index (χ0) is 10.9. The third-order valence-corrected chi connectivity index (χ3v) is 3.14. The fraction of sp³-hybridized carbons (Fsp3) is 0.222. The number of halogens is 2. The topological polar surface area (TPSA) is 57.5 Å². The van der Waals surface area contributed by atoms with Gasteiger partial charge in [-0.25, -0.2) is 4.79 Å². The summed E-state index contributed by atoms with van der Waals surface area (Å²) in [7, 11) is 0. The average Bonchev–Trinajstić information content (AvgIpc) is 2.12. The average molecular weight is 280 g/mol. The van der Waals surface area contributed by atoms with Gasteiger partial charge in [-0.1, -0.05) is 17.7 Å². The van der Waals surface area contributed by atoms with Crippen LogP contribution in [0.5, 0.6) is 0 Å². The molecular formula is C9H8BrClO3. The predicted octanol–water partition coefficient (Wildman–Crippen LogP) is 2.53. The van der Waals surface area contributed by atoms with Crippen molar-refractivity contribution in [1.82, 2.24) is 0 Å². The molecule has 1 aromatic carbocycles. The van der Waals surface area contributed by atoms with Crippen LogP contribution in [-0.4, -0.2) is 16.2 Å². The largest absolute Gasteiger partial charge is 0.479 e. The molecule has 1 unspecified atom stereocenters. The molecule has 0 aliphatic rings. The maximum Gasteiger partial charge on any atom is 0.337 e. The van der Waals surface area contributed by atoms with Gasteiger partial charge in [0.05, 0.1) is 5.02 Å². The molecule has 0 amide bonds. The summed E-state index contributed by atoms with van der Waals surface area (Å²) in [5.41, 5.74) is 1.03. The number of carboxylic acid groups (broad SMARTS) is 1. The van der Waals surface area contributed by atoms with Gasteiger partial charge in [-0.15, -0.1) is 0 Å². The van der Waals surface area contributed by atoms with Crippen molar-refractivity contribution in [2.45, 2.75) is 13.0 Å². The molecule has 5 heteroatoms. The number of aliphatic hydroxyl groups excluding tert-OH is 1. The Morgan fingerprint density at radius 2 is 2.14 bits per heavy atom. The highest BCUT2D eigenvalue weighted by Gasteiger charge is 2.17. The number of aliphatic carboxylic acids is 1. The zero-order valence-corrected chi connectivity index (χ0v) is 9.63. The highest BCUT2D eigenvalue weighted by Crippen LogP contribution is 2.29. The van der Waals surface area contributed by atoms with E-state index in [-0.39, 0.29) is 0 Å². The van der Waals surface area contributed by atoms with Crippen LogP contribution in [0.25, 0.3) is 0 Å². The fourth-order valence-electron chi connectivity index (χ4n) is 1.05. The first kappa shape index (κ1) is 11.5. The van der Waals surface area contributed by atoms with Crippen LogP contribution in [0, 0.1) is 6.92 Å². The first-order valence-electron chi connectivity index (χ1n) is 3.80. The number of benzene rings is 1. The molecule has 0 radical (unpaired) electrons.